The number of aliphatic hydroxyl groups excluding tert-OH is 1. The zero-order valence-corrected chi connectivity index (χ0v) is 6.11. The summed E-state index contributed by atoms with van der Waals surface area (Å²) in [5.74, 6) is -1.41. The molecule has 0 fully saturated rings. The van der Waals surface area contributed by atoms with Crippen molar-refractivity contribution < 1.29 is 27.1 Å². The average Bonchev–Trinajstić information content (AvgIpc) is 1.82. The lowest BCUT2D eigenvalue weighted by Crippen LogP contribution is -2.36. The van der Waals surface area contributed by atoms with E-state index in [-0.39, 0.29) is 0 Å². The van der Waals surface area contributed by atoms with Crippen LogP contribution in [-0.4, -0.2) is 36.7 Å². The molecule has 0 aliphatic heterocycles. The Balaban J connectivity index is 4.10. The van der Waals surface area contributed by atoms with Gasteiger partial charge in [0, 0.05) is 0 Å². The largest absolute Gasteiger partial charge is 0.449 e. The van der Waals surface area contributed by atoms with Crippen LogP contribution in [0.3, 0.4) is 0 Å². The van der Waals surface area contributed by atoms with Crippen LogP contribution in [0.15, 0.2) is 0 Å². The Kier molecular flexibility index (Phi) is 3.39. The number of carbonyl (C=O) groups excluding carboxylic acids is 1. The van der Waals surface area contributed by atoms with Crippen LogP contribution in [0.25, 0.3) is 0 Å². The van der Waals surface area contributed by atoms with Crippen LogP contribution in [0.2, 0.25) is 0 Å². The van der Waals surface area contributed by atoms with Crippen molar-refractivity contribution in [1.82, 2.24) is 0 Å². The maximum Gasteiger partial charge on any atom is 0.449 e. The number of nitrogens with two attached hydrogens (primary N) is 1. The lowest BCUT2D eigenvalue weighted by molar-refractivity contribution is -0.136. The highest BCUT2D eigenvalue weighted by atomic mass is 32.3. The molecule has 0 radical (unpaired) electrons. The molecule has 8 heteroatoms. The van der Waals surface area contributed by atoms with Crippen LogP contribution in [0.5, 0.6) is 0 Å². The van der Waals surface area contributed by atoms with E-state index < -0.39 is 29.0 Å². The van der Waals surface area contributed by atoms with Gasteiger partial charge in [-0.05, 0) is 0 Å². The minimum atomic E-state index is -4.82. The fourth-order valence-corrected chi connectivity index (χ4v) is 0.571. The smallest absolute Gasteiger partial charge is 0.394 e. The molecule has 0 heterocycles. The zero-order chi connectivity index (χ0) is 9.07. The van der Waals surface area contributed by atoms with Gasteiger partial charge in [0.1, 0.15) is 6.04 Å². The van der Waals surface area contributed by atoms with E-state index in [2.05, 4.69) is 4.18 Å². The van der Waals surface area contributed by atoms with Crippen molar-refractivity contribution in [1.29, 1.82) is 0 Å². The van der Waals surface area contributed by atoms with Crippen LogP contribution < -0.4 is 5.73 Å². The monoisotopic (exact) mass is 185 g/mol. The van der Waals surface area contributed by atoms with Crippen LogP contribution in [0.4, 0.5) is 0 Å². The fourth-order valence-electron chi connectivity index (χ4n) is 0.240. The molecule has 0 unspecified atom stereocenters. The number of rotatable bonds is 3. The standard InChI is InChI=1S/C3H7NO6S/c4-2(1-5)3(6)10-11(7,8)9/h2,5H,1,4H2,(H,7,8,9)/t2-/m0/s1. The van der Waals surface area contributed by atoms with Gasteiger partial charge in [-0.15, -0.1) is 0 Å². The summed E-state index contributed by atoms with van der Waals surface area (Å²) in [6, 6.07) is -1.46. The molecule has 0 spiro atoms. The van der Waals surface area contributed by atoms with Crippen LogP contribution in [-0.2, 0) is 19.4 Å². The summed E-state index contributed by atoms with van der Waals surface area (Å²) in [6.07, 6.45) is 0. The van der Waals surface area contributed by atoms with Crippen LogP contribution in [0, 0.1) is 0 Å². The van der Waals surface area contributed by atoms with E-state index in [0.29, 0.717) is 0 Å². The van der Waals surface area contributed by atoms with Gasteiger partial charge in [-0.2, -0.15) is 8.42 Å². The van der Waals surface area contributed by atoms with E-state index in [1.807, 2.05) is 0 Å². The molecule has 0 aliphatic rings. The Bertz CT molecular complexity index is 232. The van der Waals surface area contributed by atoms with E-state index in [0.717, 1.165) is 0 Å². The van der Waals surface area contributed by atoms with Crippen molar-refractivity contribution in [2.75, 3.05) is 6.61 Å². The molecule has 0 saturated carbocycles. The van der Waals surface area contributed by atoms with Gasteiger partial charge >= 0.3 is 16.4 Å². The lowest BCUT2D eigenvalue weighted by Gasteiger charge is -2.03. The second-order valence-electron chi connectivity index (χ2n) is 1.62. The molecular weight excluding hydrogens is 178 g/mol. The first-order valence-electron chi connectivity index (χ1n) is 2.44. The Morgan fingerprint density at radius 3 is 2.36 bits per heavy atom. The second kappa shape index (κ2) is 3.62. The second-order valence-corrected chi connectivity index (χ2v) is 2.64. The highest BCUT2D eigenvalue weighted by Crippen LogP contribution is 1.90. The van der Waals surface area contributed by atoms with Crippen LogP contribution >= 0.6 is 0 Å². The van der Waals surface area contributed by atoms with Crippen molar-refractivity contribution in [3.8, 4) is 0 Å². The molecular formula is C3H7NO6S. The highest BCUT2D eigenvalue weighted by molar-refractivity contribution is 7.81. The van der Waals surface area contributed by atoms with Gasteiger partial charge in [-0.3, -0.25) is 4.55 Å². The lowest BCUT2D eigenvalue weighted by atomic mass is 10.3. The van der Waals surface area contributed by atoms with E-state index in [9.17, 15) is 13.2 Å². The molecule has 0 aliphatic carbocycles. The Morgan fingerprint density at radius 2 is 2.09 bits per heavy atom. The summed E-state index contributed by atoms with van der Waals surface area (Å²) in [7, 11) is -4.82. The molecule has 4 N–H and O–H groups in total. The molecule has 11 heavy (non-hydrogen) atoms. The van der Waals surface area contributed by atoms with Gasteiger partial charge in [0.25, 0.3) is 0 Å². The predicted octanol–water partition coefficient (Wildman–Crippen LogP) is -2.35. The Morgan fingerprint density at radius 1 is 1.64 bits per heavy atom. The van der Waals surface area contributed by atoms with E-state index in [1.165, 1.54) is 0 Å². The number of aliphatic hydroxyl groups is 1. The number of hydrogen-bond donors (Lipinski definition) is 3. The third-order valence-corrected chi connectivity index (χ3v) is 1.06. The SMILES string of the molecule is N[C@@H](CO)C(=O)OS(=O)(=O)O. The quantitative estimate of drug-likeness (QED) is 0.420. The Hall–Kier alpha value is -0.700. The fraction of sp³-hybridized carbons (Fsp3) is 0.667. The summed E-state index contributed by atoms with van der Waals surface area (Å²) < 4.78 is 31.0. The minimum Gasteiger partial charge on any atom is -0.394 e. The van der Waals surface area contributed by atoms with E-state index in [4.69, 9.17) is 15.4 Å². The molecule has 0 aromatic heterocycles. The van der Waals surface area contributed by atoms with Crippen molar-refractivity contribution >= 4 is 16.4 Å². The predicted molar refractivity (Wildman–Crippen MR) is 32.7 cm³/mol. The summed E-state index contributed by atoms with van der Waals surface area (Å²) in [5, 5.41) is 8.20. The first-order chi connectivity index (χ1) is 4.87. The first-order valence-corrected chi connectivity index (χ1v) is 3.80. The van der Waals surface area contributed by atoms with E-state index in [1.54, 1.807) is 0 Å². The molecule has 0 aromatic rings. The number of carbonyl (C=O) groups is 1. The molecule has 66 valence electrons. The van der Waals surface area contributed by atoms with Crippen LogP contribution in [0.1, 0.15) is 0 Å². The zero-order valence-electron chi connectivity index (χ0n) is 5.30. The van der Waals surface area contributed by atoms with Gasteiger partial charge in [-0.1, -0.05) is 0 Å². The van der Waals surface area contributed by atoms with Crippen molar-refractivity contribution in [3.63, 3.8) is 0 Å². The molecule has 7 nitrogen and oxygen atoms in total. The normalized spacial score (nSPS) is 14.1. The summed E-state index contributed by atoms with van der Waals surface area (Å²) in [6.45, 7) is -0.756. The van der Waals surface area contributed by atoms with Crippen molar-refractivity contribution in [3.05, 3.63) is 0 Å². The number of hydrogen-bond acceptors (Lipinski definition) is 6. The van der Waals surface area contributed by atoms with Gasteiger partial charge < -0.3 is 15.0 Å². The molecule has 0 aromatic carbocycles. The maximum absolute atomic E-state index is 10.3. The van der Waals surface area contributed by atoms with Gasteiger partial charge in [0.15, 0.2) is 0 Å². The highest BCUT2D eigenvalue weighted by Gasteiger charge is 2.19. The Labute approximate surface area is 62.7 Å². The van der Waals surface area contributed by atoms with Crippen molar-refractivity contribution in [2.24, 2.45) is 5.73 Å². The summed E-state index contributed by atoms with van der Waals surface area (Å²) in [4.78, 5) is 10.3. The summed E-state index contributed by atoms with van der Waals surface area (Å²) >= 11 is 0. The van der Waals surface area contributed by atoms with Gasteiger partial charge in [-0.25, -0.2) is 4.79 Å². The average molecular weight is 185 g/mol. The van der Waals surface area contributed by atoms with Gasteiger partial charge in [0.05, 0.1) is 6.61 Å². The molecule has 1 atom stereocenters. The molecule has 0 amide bonds. The minimum absolute atomic E-state index is 0.756. The van der Waals surface area contributed by atoms with E-state index >= 15 is 0 Å². The summed E-state index contributed by atoms with van der Waals surface area (Å²) in [5.41, 5.74) is 4.82. The van der Waals surface area contributed by atoms with Gasteiger partial charge in [0.2, 0.25) is 0 Å². The van der Waals surface area contributed by atoms with Crippen molar-refractivity contribution in [2.45, 2.75) is 6.04 Å². The maximum atomic E-state index is 10.3. The third kappa shape index (κ3) is 4.67. The molecule has 0 rings (SSSR count). The topological polar surface area (TPSA) is 127 Å². The third-order valence-electron chi connectivity index (χ3n) is 0.687. The molecule has 0 saturated heterocycles. The molecule has 0 bridgehead atoms. The first kappa shape index (κ1) is 10.3.